The molecule has 0 bridgehead atoms. The first-order chi connectivity index (χ1) is 30.2. The summed E-state index contributed by atoms with van der Waals surface area (Å²) in [5.41, 5.74) is 13.8. The Morgan fingerprint density at radius 1 is 0.295 bits per heavy atom. The van der Waals surface area contributed by atoms with Crippen molar-refractivity contribution in [3.8, 4) is 56.0 Å². The zero-order valence-electron chi connectivity index (χ0n) is 33.5. The maximum atomic E-state index is 5.68. The van der Waals surface area contributed by atoms with Gasteiger partial charge in [0.05, 0.1) is 28.1 Å². The van der Waals surface area contributed by atoms with Gasteiger partial charge in [-0.15, -0.1) is 0 Å². The Hall–Kier alpha value is -8.01. The molecule has 0 saturated heterocycles. The summed E-state index contributed by atoms with van der Waals surface area (Å²) < 4.78 is 0. The third-order valence-electron chi connectivity index (χ3n) is 12.5. The number of hydrogen-bond donors (Lipinski definition) is 0. The molecule has 12 rings (SSSR count). The van der Waals surface area contributed by atoms with Crippen molar-refractivity contribution in [3.05, 3.63) is 212 Å². The highest BCUT2D eigenvalue weighted by Crippen LogP contribution is 2.51. The second-order valence-electron chi connectivity index (χ2n) is 15.9. The maximum Gasteiger partial charge on any atom is 0.0800 e. The average molecular weight is 776 g/mol. The van der Waals surface area contributed by atoms with Crippen LogP contribution in [0.4, 0.5) is 0 Å². The third kappa shape index (κ3) is 5.55. The highest BCUT2D eigenvalue weighted by Gasteiger charge is 2.25. The van der Waals surface area contributed by atoms with Gasteiger partial charge in [-0.3, -0.25) is 4.98 Å². The van der Waals surface area contributed by atoms with Gasteiger partial charge in [0.1, 0.15) is 0 Å². The fourth-order valence-corrected chi connectivity index (χ4v) is 9.72. The van der Waals surface area contributed by atoms with E-state index in [-0.39, 0.29) is 0 Å². The Bertz CT molecular complexity index is 3670. The number of nitrogens with zero attached hydrogens (tertiary/aromatic N) is 3. The molecule has 0 aliphatic heterocycles. The topological polar surface area (TPSA) is 38.7 Å². The quantitative estimate of drug-likeness (QED) is 0.163. The molecule has 3 heterocycles. The maximum absolute atomic E-state index is 5.68. The van der Waals surface area contributed by atoms with Gasteiger partial charge in [-0.2, -0.15) is 0 Å². The summed E-state index contributed by atoms with van der Waals surface area (Å²) in [4.78, 5) is 16.3. The Balaban J connectivity index is 1.30. The molecule has 0 amide bonds. The van der Waals surface area contributed by atoms with E-state index in [1.165, 1.54) is 38.1 Å². The van der Waals surface area contributed by atoms with Gasteiger partial charge in [-0.1, -0.05) is 170 Å². The Kier molecular flexibility index (Phi) is 8.07. The molecule has 0 spiro atoms. The van der Waals surface area contributed by atoms with Crippen molar-refractivity contribution in [3.63, 3.8) is 0 Å². The summed E-state index contributed by atoms with van der Waals surface area (Å²) >= 11 is 0. The predicted octanol–water partition coefficient (Wildman–Crippen LogP) is 15.4. The molecule has 284 valence electrons. The van der Waals surface area contributed by atoms with Crippen molar-refractivity contribution in [2.24, 2.45) is 0 Å². The SMILES string of the molecule is Cc1c(-c2ccccc2-c2ccc(-c3ccccc3)nc2)c2c3nc(-c4ccccc4)ccc3c3ccccc3c2c2c3nc(-c4ccccc4)ccc3c3ccccc3c12. The van der Waals surface area contributed by atoms with Crippen LogP contribution in [-0.4, -0.2) is 15.0 Å². The van der Waals surface area contributed by atoms with Crippen LogP contribution in [-0.2, 0) is 0 Å². The number of pyridine rings is 3. The molecule has 0 aliphatic rings. The number of hydrogen-bond acceptors (Lipinski definition) is 3. The zero-order valence-corrected chi connectivity index (χ0v) is 33.5. The van der Waals surface area contributed by atoms with E-state index >= 15 is 0 Å². The Morgan fingerprint density at radius 3 is 1.28 bits per heavy atom. The molecule has 61 heavy (non-hydrogen) atoms. The summed E-state index contributed by atoms with van der Waals surface area (Å²) in [5.74, 6) is 0. The van der Waals surface area contributed by atoms with Crippen LogP contribution in [0.25, 0.3) is 121 Å². The lowest BCUT2D eigenvalue weighted by molar-refractivity contribution is 1.32. The van der Waals surface area contributed by atoms with E-state index in [4.69, 9.17) is 15.0 Å². The molecule has 0 unspecified atom stereocenters. The summed E-state index contributed by atoms with van der Waals surface area (Å²) in [6, 6.07) is 71.2. The third-order valence-corrected chi connectivity index (χ3v) is 12.5. The molecule has 0 saturated carbocycles. The first-order valence-electron chi connectivity index (χ1n) is 20.9. The molecule has 0 fully saturated rings. The average Bonchev–Trinajstić information content (AvgIpc) is 3.34. The van der Waals surface area contributed by atoms with E-state index in [1.54, 1.807) is 0 Å². The first kappa shape index (κ1) is 35.0. The fraction of sp³-hybridized carbons (Fsp3) is 0.0172. The number of aryl methyl sites for hydroxylation is 1. The molecule has 0 N–H and O–H groups in total. The number of aromatic nitrogens is 3. The summed E-state index contributed by atoms with van der Waals surface area (Å²) in [6.07, 6.45) is 2.02. The van der Waals surface area contributed by atoms with Crippen molar-refractivity contribution < 1.29 is 0 Å². The van der Waals surface area contributed by atoms with Gasteiger partial charge in [0.2, 0.25) is 0 Å². The normalized spacial score (nSPS) is 11.7. The number of rotatable bonds is 5. The molecule has 3 nitrogen and oxygen atoms in total. The van der Waals surface area contributed by atoms with Crippen LogP contribution < -0.4 is 0 Å². The molecule has 12 aromatic rings. The van der Waals surface area contributed by atoms with E-state index in [0.29, 0.717) is 0 Å². The van der Waals surface area contributed by atoms with Crippen molar-refractivity contribution in [2.75, 3.05) is 0 Å². The van der Waals surface area contributed by atoms with E-state index in [1.807, 2.05) is 12.3 Å². The number of fused-ring (bicyclic) bond motifs is 13. The predicted molar refractivity (Wildman–Crippen MR) is 257 cm³/mol. The standard InChI is InChI=1S/C58H37N3/c1-36-52(44-26-14-11-23-41(44)40-29-32-49(59-35-40)37-17-5-2-6-18-37)55-54(46-28-16-13-25-43(46)48-31-34-51(61-58(48)55)39-21-9-4-10-22-39)56-53(36)45-27-15-12-24-42(45)47-30-33-50(60-57(47)56)38-19-7-3-8-20-38/h2-35H,1H3. The second kappa shape index (κ2) is 14.1. The lowest BCUT2D eigenvalue weighted by Crippen LogP contribution is -1.99. The minimum Gasteiger partial charge on any atom is -0.256 e. The fourth-order valence-electron chi connectivity index (χ4n) is 9.72. The van der Waals surface area contributed by atoms with Gasteiger partial charge in [0.25, 0.3) is 0 Å². The minimum atomic E-state index is 0.940. The lowest BCUT2D eigenvalue weighted by Gasteiger charge is -2.23. The van der Waals surface area contributed by atoms with Crippen LogP contribution in [0.15, 0.2) is 206 Å². The largest absolute Gasteiger partial charge is 0.256 e. The van der Waals surface area contributed by atoms with E-state index in [9.17, 15) is 0 Å². The van der Waals surface area contributed by atoms with Gasteiger partial charge in [0, 0.05) is 55.4 Å². The van der Waals surface area contributed by atoms with Crippen LogP contribution in [0.5, 0.6) is 0 Å². The molecule has 0 atom stereocenters. The van der Waals surface area contributed by atoms with E-state index in [2.05, 4.69) is 201 Å². The van der Waals surface area contributed by atoms with Gasteiger partial charge in [0.15, 0.2) is 0 Å². The Labute approximate surface area is 353 Å². The molecular weight excluding hydrogens is 739 g/mol. The Morgan fingerprint density at radius 2 is 0.738 bits per heavy atom. The second-order valence-corrected chi connectivity index (χ2v) is 15.9. The number of benzene rings is 9. The molecule has 3 heteroatoms. The molecular formula is C58H37N3. The van der Waals surface area contributed by atoms with Crippen LogP contribution in [0, 0.1) is 6.92 Å². The summed E-state index contributed by atoms with van der Waals surface area (Å²) in [5, 5.41) is 11.7. The van der Waals surface area contributed by atoms with Crippen molar-refractivity contribution in [1.29, 1.82) is 0 Å². The first-order valence-corrected chi connectivity index (χ1v) is 20.9. The van der Waals surface area contributed by atoms with Gasteiger partial charge >= 0.3 is 0 Å². The zero-order chi connectivity index (χ0) is 40.4. The van der Waals surface area contributed by atoms with Gasteiger partial charge in [-0.05, 0) is 86.4 Å². The van der Waals surface area contributed by atoms with E-state index in [0.717, 1.165) is 88.4 Å². The molecule has 0 aliphatic carbocycles. The van der Waals surface area contributed by atoms with Crippen molar-refractivity contribution in [1.82, 2.24) is 15.0 Å². The van der Waals surface area contributed by atoms with Crippen LogP contribution in [0.1, 0.15) is 5.56 Å². The van der Waals surface area contributed by atoms with E-state index < -0.39 is 0 Å². The van der Waals surface area contributed by atoms with Crippen LogP contribution >= 0.6 is 0 Å². The van der Waals surface area contributed by atoms with Gasteiger partial charge in [-0.25, -0.2) is 9.97 Å². The lowest BCUT2D eigenvalue weighted by atomic mass is 9.81. The van der Waals surface area contributed by atoms with Gasteiger partial charge < -0.3 is 0 Å². The van der Waals surface area contributed by atoms with Crippen LogP contribution in [0.2, 0.25) is 0 Å². The van der Waals surface area contributed by atoms with Crippen molar-refractivity contribution in [2.45, 2.75) is 6.92 Å². The highest BCUT2D eigenvalue weighted by atomic mass is 14.7. The monoisotopic (exact) mass is 775 g/mol. The molecule has 9 aromatic carbocycles. The molecule has 3 aromatic heterocycles. The van der Waals surface area contributed by atoms with Crippen molar-refractivity contribution >= 4 is 64.9 Å². The smallest absolute Gasteiger partial charge is 0.0800 e. The minimum absolute atomic E-state index is 0.940. The summed E-state index contributed by atoms with van der Waals surface area (Å²) in [7, 11) is 0. The van der Waals surface area contributed by atoms with Crippen LogP contribution in [0.3, 0.4) is 0 Å². The highest BCUT2D eigenvalue weighted by molar-refractivity contribution is 6.41. The summed E-state index contributed by atoms with van der Waals surface area (Å²) in [6.45, 7) is 2.31. The molecule has 0 radical (unpaired) electrons.